The van der Waals surface area contributed by atoms with Crippen LogP contribution in [0.5, 0.6) is 0 Å². The van der Waals surface area contributed by atoms with Crippen molar-refractivity contribution in [3.8, 4) is 0 Å². The van der Waals surface area contributed by atoms with E-state index >= 15 is 4.39 Å². The molecule has 0 spiro atoms. The number of amides is 1. The molecule has 1 amide bonds. The summed E-state index contributed by atoms with van der Waals surface area (Å²) in [6, 6.07) is 0.103. The Balaban J connectivity index is 1.49. The van der Waals surface area contributed by atoms with Crippen LogP contribution in [0.2, 0.25) is 0 Å². The number of anilines is 1. The van der Waals surface area contributed by atoms with Crippen LogP contribution >= 0.6 is 0 Å². The second-order valence-electron chi connectivity index (χ2n) is 8.61. The minimum atomic E-state index is -1.16. The number of carbonyl (C=O) groups is 1. The molecule has 2 saturated carbocycles. The predicted molar refractivity (Wildman–Crippen MR) is 106 cm³/mol. The number of nitrogens with zero attached hydrogens (tertiary/aromatic N) is 3. The zero-order valence-electron chi connectivity index (χ0n) is 16.2. The van der Waals surface area contributed by atoms with Gasteiger partial charge in [-0.1, -0.05) is 13.0 Å². The third-order valence-corrected chi connectivity index (χ3v) is 7.30. The molecule has 0 radical (unpaired) electrons. The number of piperidine rings is 1. The highest BCUT2D eigenvalue weighted by Crippen LogP contribution is 2.74. The average Bonchev–Trinajstić information content (AvgIpc) is 3.15. The van der Waals surface area contributed by atoms with E-state index in [1.807, 2.05) is 11.1 Å². The van der Waals surface area contributed by atoms with Gasteiger partial charge >= 0.3 is 0 Å². The van der Waals surface area contributed by atoms with Crippen molar-refractivity contribution in [3.63, 3.8) is 0 Å². The zero-order valence-corrected chi connectivity index (χ0v) is 16.2. The fourth-order valence-electron chi connectivity index (χ4n) is 5.90. The van der Waals surface area contributed by atoms with E-state index in [-0.39, 0.29) is 17.9 Å². The van der Waals surface area contributed by atoms with E-state index < -0.39 is 11.1 Å². The maximum absolute atomic E-state index is 15.3. The number of nitrogens with one attached hydrogen (secondary N) is 2. The molecule has 0 aromatic carbocycles. The summed E-state index contributed by atoms with van der Waals surface area (Å²) in [6.07, 6.45) is 9.60. The lowest BCUT2D eigenvalue weighted by Gasteiger charge is -2.33. The van der Waals surface area contributed by atoms with Crippen LogP contribution in [-0.4, -0.2) is 50.6 Å². The Hall–Kier alpha value is -2.44. The second-order valence-corrected chi connectivity index (χ2v) is 8.61. The standard InChI is InChI=1S/C21H26FN5O/c1-3-16(28)27-9-5-6-13(11-27)26-19-17-14(10-23-18(17)24-12-25-19)21-8-4-7-15(21)20(21,2)22/h3,10,12-13,15H,1,4-9,11H2,2H3,(H2,23,24,25,26)/t13-,15-,20?,21+/m1/s1. The van der Waals surface area contributed by atoms with Crippen molar-refractivity contribution in [3.05, 3.63) is 30.7 Å². The molecule has 3 heterocycles. The number of fused-ring (bicyclic) bond motifs is 2. The molecule has 5 rings (SSSR count). The molecule has 6 nitrogen and oxygen atoms in total. The lowest BCUT2D eigenvalue weighted by molar-refractivity contribution is -0.127. The SMILES string of the molecule is C=CC(=O)N1CCC[C@@H](Nc2ncnc3[nH]cc([C@@]45CCC[C@@H]4C5(C)F)c23)C1. The fraction of sp³-hybridized carbons (Fsp3) is 0.571. The Morgan fingerprint density at radius 3 is 3.04 bits per heavy atom. The lowest BCUT2D eigenvalue weighted by Crippen LogP contribution is -2.44. The second kappa shape index (κ2) is 6.03. The van der Waals surface area contributed by atoms with Gasteiger partial charge in [0.1, 0.15) is 23.5 Å². The number of rotatable bonds is 4. The Labute approximate surface area is 163 Å². The van der Waals surface area contributed by atoms with Gasteiger partial charge in [-0.15, -0.1) is 0 Å². The van der Waals surface area contributed by atoms with Crippen LogP contribution in [0.25, 0.3) is 11.0 Å². The summed E-state index contributed by atoms with van der Waals surface area (Å²) < 4.78 is 15.3. The van der Waals surface area contributed by atoms with Crippen LogP contribution in [0.3, 0.4) is 0 Å². The van der Waals surface area contributed by atoms with Crippen molar-refractivity contribution in [2.24, 2.45) is 5.92 Å². The van der Waals surface area contributed by atoms with E-state index in [2.05, 4.69) is 26.8 Å². The van der Waals surface area contributed by atoms with Crippen molar-refractivity contribution < 1.29 is 9.18 Å². The molecule has 1 aliphatic heterocycles. The average molecular weight is 383 g/mol. The first-order chi connectivity index (χ1) is 13.5. The Morgan fingerprint density at radius 2 is 2.29 bits per heavy atom. The highest BCUT2D eigenvalue weighted by atomic mass is 19.1. The van der Waals surface area contributed by atoms with Crippen LogP contribution in [-0.2, 0) is 10.2 Å². The van der Waals surface area contributed by atoms with E-state index in [1.165, 1.54) is 12.4 Å². The van der Waals surface area contributed by atoms with Crippen molar-refractivity contribution in [2.75, 3.05) is 18.4 Å². The number of alkyl halides is 1. The van der Waals surface area contributed by atoms with Gasteiger partial charge < -0.3 is 15.2 Å². The van der Waals surface area contributed by atoms with E-state index in [0.29, 0.717) is 6.54 Å². The van der Waals surface area contributed by atoms with Gasteiger partial charge in [-0.2, -0.15) is 0 Å². The van der Waals surface area contributed by atoms with Gasteiger partial charge in [0, 0.05) is 36.7 Å². The molecule has 3 fully saturated rings. The van der Waals surface area contributed by atoms with E-state index in [0.717, 1.165) is 61.1 Å². The molecule has 2 aromatic rings. The number of hydrogen-bond acceptors (Lipinski definition) is 4. The maximum atomic E-state index is 15.3. The Morgan fingerprint density at radius 1 is 1.43 bits per heavy atom. The number of aromatic nitrogens is 3. The molecule has 148 valence electrons. The van der Waals surface area contributed by atoms with E-state index in [1.54, 1.807) is 6.92 Å². The molecule has 4 atom stereocenters. The smallest absolute Gasteiger partial charge is 0.246 e. The van der Waals surface area contributed by atoms with Gasteiger partial charge in [-0.05, 0) is 44.2 Å². The third kappa shape index (κ3) is 2.28. The normalized spacial score (nSPS) is 34.3. The molecule has 2 aliphatic carbocycles. The van der Waals surface area contributed by atoms with Crippen LogP contribution in [0.1, 0.15) is 44.6 Å². The minimum Gasteiger partial charge on any atom is -0.365 e. The largest absolute Gasteiger partial charge is 0.365 e. The van der Waals surface area contributed by atoms with Gasteiger partial charge in [0.15, 0.2) is 0 Å². The van der Waals surface area contributed by atoms with Crippen molar-refractivity contribution in [1.29, 1.82) is 0 Å². The Bertz CT molecular complexity index is 953. The van der Waals surface area contributed by atoms with Gasteiger partial charge in [0.25, 0.3) is 0 Å². The summed E-state index contributed by atoms with van der Waals surface area (Å²) in [5.74, 6) is 0.782. The number of carbonyl (C=O) groups excluding carboxylic acids is 1. The molecule has 2 N–H and O–H groups in total. The molecule has 0 bridgehead atoms. The van der Waals surface area contributed by atoms with E-state index in [9.17, 15) is 4.79 Å². The summed E-state index contributed by atoms with van der Waals surface area (Å²) in [5.41, 5.74) is 0.174. The van der Waals surface area contributed by atoms with Crippen LogP contribution in [0, 0.1) is 5.92 Å². The molecular formula is C21H26FN5O. The predicted octanol–water partition coefficient (Wildman–Crippen LogP) is 3.33. The highest BCUT2D eigenvalue weighted by Gasteiger charge is 2.77. The van der Waals surface area contributed by atoms with Crippen LogP contribution in [0.4, 0.5) is 10.2 Å². The summed E-state index contributed by atoms with van der Waals surface area (Å²) in [6.45, 7) is 6.70. The van der Waals surface area contributed by atoms with Gasteiger partial charge in [0.05, 0.1) is 5.39 Å². The maximum Gasteiger partial charge on any atom is 0.246 e. The van der Waals surface area contributed by atoms with Crippen LogP contribution < -0.4 is 5.32 Å². The molecule has 1 saturated heterocycles. The monoisotopic (exact) mass is 383 g/mol. The van der Waals surface area contributed by atoms with Gasteiger partial charge in [0.2, 0.25) is 5.91 Å². The first-order valence-electron chi connectivity index (χ1n) is 10.2. The number of halogens is 1. The fourth-order valence-corrected chi connectivity index (χ4v) is 5.90. The Kier molecular flexibility index (Phi) is 3.80. The first-order valence-corrected chi connectivity index (χ1v) is 10.2. The number of aromatic amines is 1. The van der Waals surface area contributed by atoms with Crippen molar-refractivity contribution >= 4 is 22.8 Å². The summed E-state index contributed by atoms with van der Waals surface area (Å²) in [5, 5.41) is 4.43. The quantitative estimate of drug-likeness (QED) is 0.795. The summed E-state index contributed by atoms with van der Waals surface area (Å²) in [7, 11) is 0. The summed E-state index contributed by atoms with van der Waals surface area (Å²) >= 11 is 0. The van der Waals surface area contributed by atoms with Gasteiger partial charge in [-0.25, -0.2) is 14.4 Å². The number of likely N-dealkylation sites (tertiary alicyclic amines) is 1. The van der Waals surface area contributed by atoms with Crippen molar-refractivity contribution in [1.82, 2.24) is 19.9 Å². The van der Waals surface area contributed by atoms with E-state index in [4.69, 9.17) is 0 Å². The minimum absolute atomic E-state index is 0.0412. The first kappa shape index (κ1) is 17.6. The molecule has 1 unspecified atom stereocenters. The number of H-pyrrole nitrogens is 1. The number of hydrogen-bond donors (Lipinski definition) is 2. The molecular weight excluding hydrogens is 357 g/mol. The van der Waals surface area contributed by atoms with Crippen molar-refractivity contribution in [2.45, 2.75) is 56.2 Å². The van der Waals surface area contributed by atoms with Crippen LogP contribution in [0.15, 0.2) is 25.2 Å². The molecule has 28 heavy (non-hydrogen) atoms. The third-order valence-electron chi connectivity index (χ3n) is 7.30. The molecule has 3 aliphatic rings. The lowest BCUT2D eigenvalue weighted by atomic mass is 9.90. The summed E-state index contributed by atoms with van der Waals surface area (Å²) in [4.78, 5) is 25.9. The topological polar surface area (TPSA) is 73.9 Å². The highest BCUT2D eigenvalue weighted by molar-refractivity contribution is 5.92. The molecule has 7 heteroatoms. The zero-order chi connectivity index (χ0) is 19.5. The molecule has 2 aromatic heterocycles. The van der Waals surface area contributed by atoms with Gasteiger partial charge in [-0.3, -0.25) is 4.79 Å².